The number of ether oxygens (including phenoxy) is 1. The van der Waals surface area contributed by atoms with Crippen LogP contribution in [-0.4, -0.2) is 48.0 Å². The number of carbonyl (C=O) groups excluding carboxylic acids is 1. The molecule has 0 amide bonds. The normalized spacial score (nSPS) is 17.7. The Bertz CT molecular complexity index is 1190. The molecule has 5 nitrogen and oxygen atoms in total. The van der Waals surface area contributed by atoms with Crippen LogP contribution in [0.2, 0.25) is 5.02 Å². The average Bonchev–Trinajstić information content (AvgIpc) is 3.24. The Morgan fingerprint density at radius 2 is 1.68 bits per heavy atom. The molecule has 3 aromatic rings. The molecule has 0 radical (unpaired) electrons. The Labute approximate surface area is 232 Å². The quantitative estimate of drug-likeness (QED) is 0.272. The largest absolute Gasteiger partial charge is 0.487 e. The highest BCUT2D eigenvalue weighted by molar-refractivity contribution is 6.30. The molecular formula is C32H42ClN3O2. The summed E-state index contributed by atoms with van der Waals surface area (Å²) in [5.41, 5.74) is 2.84. The number of likely N-dealkylation sites (tertiary alicyclic amines) is 1. The molecular weight excluding hydrogens is 494 g/mol. The number of piperidine rings is 2. The molecule has 2 aliphatic rings. The van der Waals surface area contributed by atoms with Gasteiger partial charge in [-0.2, -0.15) is 0 Å². The molecule has 0 spiro atoms. The first kappa shape index (κ1) is 27.2. The van der Waals surface area contributed by atoms with Crippen LogP contribution in [0.25, 0.3) is 10.9 Å². The third-order valence-electron chi connectivity index (χ3n) is 8.73. The molecule has 0 saturated carbocycles. The van der Waals surface area contributed by atoms with Crippen molar-refractivity contribution in [3.8, 4) is 5.75 Å². The van der Waals surface area contributed by atoms with Crippen molar-refractivity contribution in [2.24, 2.45) is 18.9 Å². The number of nitrogens with one attached hydrogen (secondary N) is 1. The number of halogens is 1. The van der Waals surface area contributed by atoms with Crippen molar-refractivity contribution in [3.63, 3.8) is 0 Å². The van der Waals surface area contributed by atoms with Gasteiger partial charge < -0.3 is 19.5 Å². The number of aryl methyl sites for hydroxylation is 1. The molecule has 1 aromatic heterocycles. The van der Waals surface area contributed by atoms with Crippen LogP contribution in [0.4, 0.5) is 0 Å². The minimum Gasteiger partial charge on any atom is -0.487 e. The van der Waals surface area contributed by atoms with E-state index in [0.717, 1.165) is 40.2 Å². The number of hydrogen-bond donors (Lipinski definition) is 1. The van der Waals surface area contributed by atoms with E-state index < -0.39 is 0 Å². The third kappa shape index (κ3) is 6.80. The maximum Gasteiger partial charge on any atom is 0.165 e. The second-order valence-electron chi connectivity index (χ2n) is 11.2. The van der Waals surface area contributed by atoms with E-state index in [4.69, 9.17) is 16.3 Å². The lowest BCUT2D eigenvalue weighted by molar-refractivity contribution is 0.0960. The van der Waals surface area contributed by atoms with E-state index in [-0.39, 0.29) is 5.78 Å². The fourth-order valence-electron chi connectivity index (χ4n) is 6.34. The van der Waals surface area contributed by atoms with Crippen molar-refractivity contribution >= 4 is 28.3 Å². The van der Waals surface area contributed by atoms with E-state index in [1.165, 1.54) is 71.2 Å². The molecule has 0 atom stereocenters. The van der Waals surface area contributed by atoms with Crippen LogP contribution < -0.4 is 10.1 Å². The number of benzene rings is 2. The first-order chi connectivity index (χ1) is 18.6. The number of hydrogen-bond acceptors (Lipinski definition) is 4. The van der Waals surface area contributed by atoms with Gasteiger partial charge in [0, 0.05) is 35.0 Å². The zero-order chi connectivity index (χ0) is 26.3. The van der Waals surface area contributed by atoms with Gasteiger partial charge in [0.1, 0.15) is 12.4 Å². The molecule has 6 heteroatoms. The number of carbonyl (C=O) groups is 1. The standard InChI is InChI=1S/C32H42ClN3O2/c1-35-29-7-3-2-6-28(29)32(30(35)23-38-27-11-9-26(33)10-12-27)31(37)13-8-25-16-21-36(22-17-25)20-4-5-24-14-18-34-19-15-24/h2-3,6-7,9-12,24-25,34H,4-5,8,13-23H2,1H3. The van der Waals surface area contributed by atoms with Crippen molar-refractivity contribution < 1.29 is 9.53 Å². The summed E-state index contributed by atoms with van der Waals surface area (Å²) in [6.45, 7) is 6.35. The summed E-state index contributed by atoms with van der Waals surface area (Å²) < 4.78 is 8.20. The number of Topliss-reactive ketones (excluding diaryl/α,β-unsaturated/α-hetero) is 1. The van der Waals surface area contributed by atoms with E-state index in [2.05, 4.69) is 26.9 Å². The van der Waals surface area contributed by atoms with Crippen LogP contribution in [0.15, 0.2) is 48.5 Å². The maximum atomic E-state index is 13.6. The first-order valence-electron chi connectivity index (χ1n) is 14.5. The highest BCUT2D eigenvalue weighted by Crippen LogP contribution is 2.30. The topological polar surface area (TPSA) is 46.5 Å². The minimum absolute atomic E-state index is 0.237. The number of ketones is 1. The van der Waals surface area contributed by atoms with Gasteiger partial charge in [0.15, 0.2) is 5.78 Å². The monoisotopic (exact) mass is 535 g/mol. The molecule has 0 aliphatic carbocycles. The summed E-state index contributed by atoms with van der Waals surface area (Å²) in [5, 5.41) is 5.18. The number of para-hydroxylation sites is 1. The molecule has 2 fully saturated rings. The fourth-order valence-corrected chi connectivity index (χ4v) is 6.47. The second-order valence-corrected chi connectivity index (χ2v) is 11.7. The predicted octanol–water partition coefficient (Wildman–Crippen LogP) is 6.87. The van der Waals surface area contributed by atoms with Crippen LogP contribution >= 0.6 is 11.6 Å². The van der Waals surface area contributed by atoms with Crippen LogP contribution in [0.3, 0.4) is 0 Å². The van der Waals surface area contributed by atoms with Crippen LogP contribution in [0.1, 0.15) is 67.4 Å². The van der Waals surface area contributed by atoms with Crippen molar-refractivity contribution in [2.45, 2.75) is 58.0 Å². The summed E-state index contributed by atoms with van der Waals surface area (Å²) in [6.07, 6.45) is 9.40. The number of nitrogens with zero attached hydrogens (tertiary/aromatic N) is 2. The number of aromatic nitrogens is 1. The zero-order valence-corrected chi connectivity index (χ0v) is 23.5. The molecule has 1 N–H and O–H groups in total. The van der Waals surface area contributed by atoms with Crippen molar-refractivity contribution in [1.29, 1.82) is 0 Å². The Balaban J connectivity index is 1.14. The Morgan fingerprint density at radius 1 is 0.974 bits per heavy atom. The van der Waals surface area contributed by atoms with Gasteiger partial charge in [-0.3, -0.25) is 4.79 Å². The Hall–Kier alpha value is -2.34. The summed E-state index contributed by atoms with van der Waals surface area (Å²) in [6, 6.07) is 15.6. The van der Waals surface area contributed by atoms with Crippen LogP contribution in [-0.2, 0) is 13.7 Å². The molecule has 2 saturated heterocycles. The predicted molar refractivity (Wildman–Crippen MR) is 156 cm³/mol. The minimum atomic E-state index is 0.237. The van der Waals surface area contributed by atoms with Crippen LogP contribution in [0, 0.1) is 11.8 Å². The average molecular weight is 536 g/mol. The summed E-state index contributed by atoms with van der Waals surface area (Å²) in [7, 11) is 2.03. The van der Waals surface area contributed by atoms with Gasteiger partial charge in [0.05, 0.1) is 5.69 Å². The molecule has 2 aromatic carbocycles. The third-order valence-corrected chi connectivity index (χ3v) is 8.98. The highest BCUT2D eigenvalue weighted by Gasteiger charge is 2.24. The fraction of sp³-hybridized carbons (Fsp3) is 0.531. The molecule has 38 heavy (non-hydrogen) atoms. The summed E-state index contributed by atoms with van der Waals surface area (Å²) in [4.78, 5) is 16.3. The first-order valence-corrected chi connectivity index (χ1v) is 14.9. The second kappa shape index (κ2) is 13.1. The Kier molecular flexibility index (Phi) is 9.42. The summed E-state index contributed by atoms with van der Waals surface area (Å²) >= 11 is 6.02. The Morgan fingerprint density at radius 3 is 2.45 bits per heavy atom. The van der Waals surface area contributed by atoms with Gasteiger partial charge in [-0.25, -0.2) is 0 Å². The smallest absolute Gasteiger partial charge is 0.165 e. The van der Waals surface area contributed by atoms with Gasteiger partial charge in [0.2, 0.25) is 0 Å². The molecule has 0 unspecified atom stereocenters. The van der Waals surface area contributed by atoms with Gasteiger partial charge in [0.25, 0.3) is 0 Å². The van der Waals surface area contributed by atoms with E-state index in [0.29, 0.717) is 24.0 Å². The van der Waals surface area contributed by atoms with E-state index in [1.54, 1.807) is 0 Å². The molecule has 2 aliphatic heterocycles. The van der Waals surface area contributed by atoms with Gasteiger partial charge in [-0.15, -0.1) is 0 Å². The lowest BCUT2D eigenvalue weighted by Gasteiger charge is -2.32. The number of fused-ring (bicyclic) bond motifs is 1. The molecule has 0 bridgehead atoms. The lowest BCUT2D eigenvalue weighted by atomic mass is 9.89. The maximum absolute atomic E-state index is 13.6. The van der Waals surface area contributed by atoms with E-state index in [9.17, 15) is 4.79 Å². The van der Waals surface area contributed by atoms with Crippen molar-refractivity contribution in [1.82, 2.24) is 14.8 Å². The highest BCUT2D eigenvalue weighted by atomic mass is 35.5. The molecule has 5 rings (SSSR count). The lowest BCUT2D eigenvalue weighted by Crippen LogP contribution is -2.35. The van der Waals surface area contributed by atoms with E-state index >= 15 is 0 Å². The number of rotatable bonds is 11. The van der Waals surface area contributed by atoms with E-state index in [1.807, 2.05) is 43.4 Å². The molecule has 3 heterocycles. The zero-order valence-electron chi connectivity index (χ0n) is 22.8. The van der Waals surface area contributed by atoms with Gasteiger partial charge in [-0.1, -0.05) is 29.8 Å². The van der Waals surface area contributed by atoms with Gasteiger partial charge >= 0.3 is 0 Å². The SMILES string of the molecule is Cn1c(COc2ccc(Cl)cc2)c(C(=O)CCC2CCN(CCCC3CCNCC3)CC2)c2ccccc21. The van der Waals surface area contributed by atoms with Crippen molar-refractivity contribution in [2.75, 3.05) is 32.7 Å². The van der Waals surface area contributed by atoms with Gasteiger partial charge in [-0.05, 0) is 120 Å². The van der Waals surface area contributed by atoms with Crippen LogP contribution in [0.5, 0.6) is 5.75 Å². The van der Waals surface area contributed by atoms with Crippen molar-refractivity contribution in [3.05, 3.63) is 64.8 Å². The molecule has 204 valence electrons. The summed E-state index contributed by atoms with van der Waals surface area (Å²) in [5.74, 6) is 2.56.